The lowest BCUT2D eigenvalue weighted by atomic mass is 9.95. The Labute approximate surface area is 335 Å². The van der Waals surface area contributed by atoms with Crippen molar-refractivity contribution in [3.05, 3.63) is 113 Å². The van der Waals surface area contributed by atoms with E-state index in [9.17, 15) is 34.0 Å². The van der Waals surface area contributed by atoms with E-state index in [0.29, 0.717) is 65.0 Å². The Kier molecular flexibility index (Phi) is 12.5. The van der Waals surface area contributed by atoms with Crippen LogP contribution in [0.15, 0.2) is 91.0 Å². The van der Waals surface area contributed by atoms with Gasteiger partial charge in [-0.3, -0.25) is 14.4 Å². The summed E-state index contributed by atoms with van der Waals surface area (Å²) in [4.78, 5) is 82.1. The van der Waals surface area contributed by atoms with Crippen LogP contribution in [0.1, 0.15) is 34.6 Å². The van der Waals surface area contributed by atoms with E-state index >= 15 is 0 Å². The fourth-order valence-electron chi connectivity index (χ4n) is 7.43. The van der Waals surface area contributed by atoms with E-state index in [2.05, 4.69) is 10.6 Å². The van der Waals surface area contributed by atoms with Gasteiger partial charge in [0.05, 0.1) is 11.4 Å². The summed E-state index contributed by atoms with van der Waals surface area (Å²) in [6.45, 7) is 1.17. The number of hydrogen-bond acceptors (Lipinski definition) is 10. The lowest BCUT2D eigenvalue weighted by Gasteiger charge is -2.18. The van der Waals surface area contributed by atoms with Gasteiger partial charge in [0.25, 0.3) is 11.8 Å². The van der Waals surface area contributed by atoms with Gasteiger partial charge in [0.2, 0.25) is 5.91 Å². The van der Waals surface area contributed by atoms with E-state index < -0.39 is 17.2 Å². The molecule has 1 atom stereocenters. The Morgan fingerprint density at radius 1 is 0.807 bits per heavy atom. The van der Waals surface area contributed by atoms with Crippen molar-refractivity contribution in [3.8, 4) is 11.5 Å². The second-order valence-corrected chi connectivity index (χ2v) is 15.1. The second kappa shape index (κ2) is 17.7. The number of alkyl halides is 1. The fourth-order valence-corrected chi connectivity index (χ4v) is 8.34. The molecule has 7 rings (SSSR count). The van der Waals surface area contributed by atoms with E-state index in [-0.39, 0.29) is 47.4 Å². The molecule has 57 heavy (non-hydrogen) atoms. The molecule has 0 saturated carbocycles. The van der Waals surface area contributed by atoms with Crippen molar-refractivity contribution in [1.82, 2.24) is 5.32 Å². The highest BCUT2D eigenvalue weighted by atomic mass is 35.5. The number of nitrogens with one attached hydrogen (secondary N) is 2. The first-order valence-corrected chi connectivity index (χ1v) is 20.9. The van der Waals surface area contributed by atoms with Gasteiger partial charge in [-0.2, -0.15) is 0 Å². The number of nitrogens with zero attached hydrogens (tertiary/aromatic N) is 2. The summed E-state index contributed by atoms with van der Waals surface area (Å²) in [5, 5.41) is 8.94. The second-order valence-electron chi connectivity index (χ2n) is 13.4. The van der Waals surface area contributed by atoms with E-state index in [1.165, 1.54) is 12.2 Å². The van der Waals surface area contributed by atoms with Crippen molar-refractivity contribution >= 4 is 97.3 Å². The third-order valence-corrected chi connectivity index (χ3v) is 11.0. The maximum absolute atomic E-state index is 13.8. The molecule has 5 aromatic carbocycles. The minimum Gasteiger partial charge on any atom is -0.426 e. The number of hydrogen-bond donors (Lipinski definition) is 6. The number of carbonyl (C=O) groups excluding carboxylic acids is 3. The summed E-state index contributed by atoms with van der Waals surface area (Å²) in [5.74, 6) is -0.309. The molecule has 13 nitrogen and oxygen atoms in total. The van der Waals surface area contributed by atoms with Crippen LogP contribution < -0.4 is 29.5 Å². The third kappa shape index (κ3) is 8.67. The molecular weight excluding hydrogens is 790 g/mol. The molecule has 0 radical (unpaired) electrons. The predicted octanol–water partition coefficient (Wildman–Crippen LogP) is 6.71. The van der Waals surface area contributed by atoms with Gasteiger partial charge in [0, 0.05) is 78.6 Å². The number of fused-ring (bicyclic) bond motifs is 6. The zero-order chi connectivity index (χ0) is 40.2. The molecule has 3 amide bonds. The Morgan fingerprint density at radius 3 is 2.09 bits per heavy atom. The van der Waals surface area contributed by atoms with Crippen molar-refractivity contribution < 1.29 is 43.0 Å². The molecule has 0 aliphatic carbocycles. The van der Waals surface area contributed by atoms with Crippen LogP contribution in [0, 0.1) is 0 Å². The maximum Gasteiger partial charge on any atom is 0.391 e. The zero-order valence-corrected chi connectivity index (χ0v) is 33.2. The summed E-state index contributed by atoms with van der Waals surface area (Å²) in [7, 11) is -3.64. The van der Waals surface area contributed by atoms with Gasteiger partial charge < -0.3 is 49.1 Å². The third-order valence-electron chi connectivity index (χ3n) is 9.95. The molecule has 294 valence electrons. The number of benzene rings is 5. The average molecular weight is 829 g/mol. The summed E-state index contributed by atoms with van der Waals surface area (Å²) in [6, 6.07) is 23.3. The van der Waals surface area contributed by atoms with Crippen molar-refractivity contribution in [1.29, 1.82) is 0 Å². The van der Waals surface area contributed by atoms with Gasteiger partial charge in [-0.05, 0) is 64.7 Å². The molecule has 0 spiro atoms. The lowest BCUT2D eigenvalue weighted by molar-refractivity contribution is -0.116. The van der Waals surface area contributed by atoms with Crippen LogP contribution in [0.2, 0.25) is 0 Å². The lowest BCUT2D eigenvalue weighted by Crippen LogP contribution is -2.28. The Hall–Kier alpha value is -4.94. The van der Waals surface area contributed by atoms with Crippen LogP contribution in [-0.2, 0) is 20.8 Å². The first kappa shape index (κ1) is 40.3. The molecule has 16 heteroatoms. The maximum atomic E-state index is 13.8. The molecule has 2 aliphatic rings. The number of carbonyl (C=O) groups is 3. The van der Waals surface area contributed by atoms with Crippen LogP contribution in [0.3, 0.4) is 0 Å². The first-order chi connectivity index (χ1) is 27.6. The van der Waals surface area contributed by atoms with Crippen molar-refractivity contribution in [2.75, 3.05) is 47.7 Å². The van der Waals surface area contributed by atoms with Gasteiger partial charge in [0.15, 0.2) is 0 Å². The number of rotatable bonds is 13. The van der Waals surface area contributed by atoms with Crippen LogP contribution in [-0.4, -0.2) is 69.9 Å². The van der Waals surface area contributed by atoms with Crippen molar-refractivity contribution in [2.24, 2.45) is 0 Å². The van der Waals surface area contributed by atoms with Crippen molar-refractivity contribution in [3.63, 3.8) is 0 Å². The van der Waals surface area contributed by atoms with Crippen LogP contribution >= 0.6 is 28.8 Å². The minimum absolute atomic E-state index is 0.172. The Balaban J connectivity index is 1.15. The Morgan fingerprint density at radius 2 is 1.42 bits per heavy atom. The van der Waals surface area contributed by atoms with Gasteiger partial charge >= 0.3 is 17.2 Å². The molecule has 0 fully saturated rings. The summed E-state index contributed by atoms with van der Waals surface area (Å²) in [6.07, 6.45) is 6.90. The largest absolute Gasteiger partial charge is 0.426 e. The quantitative estimate of drug-likeness (QED) is 0.0425. The number of halogens is 1. The van der Waals surface area contributed by atoms with Gasteiger partial charge in [-0.1, -0.05) is 60.7 Å². The highest BCUT2D eigenvalue weighted by molar-refractivity contribution is 7.40. The fraction of sp³-hybridized carbons (Fsp3) is 0.195. The summed E-state index contributed by atoms with van der Waals surface area (Å²) >= 11 is 6.40. The SMILES string of the molecule is CNCCC(=O)Nc1cc(/C=C/C(=O)N2CC(CCl)c3c2cc(OP(O)O)c2ccccc32)ccc1/C=C/C(=O)N1CCc2c1cc(OP(O)O)c1ccccc21. The van der Waals surface area contributed by atoms with Crippen LogP contribution in [0.4, 0.5) is 17.1 Å². The predicted molar refractivity (Wildman–Crippen MR) is 225 cm³/mol. The molecule has 0 saturated heterocycles. The number of anilines is 3. The van der Waals surface area contributed by atoms with Crippen LogP contribution in [0.25, 0.3) is 33.7 Å². The highest BCUT2D eigenvalue weighted by Gasteiger charge is 2.34. The molecule has 0 bridgehead atoms. The van der Waals surface area contributed by atoms with Crippen molar-refractivity contribution in [2.45, 2.75) is 18.8 Å². The van der Waals surface area contributed by atoms with E-state index in [1.807, 2.05) is 48.5 Å². The standard InChI is InChI=1S/C41H39ClN4O9P2/c1-43-18-16-38(47)44-33-20-25(11-14-40(49)46-24-27(23-42)41-32-9-5-4-8-31(32)37(22-35(41)46)55-57(52)53)10-12-26(33)13-15-39(48)45-19-17-29-28-6-2-3-7-30(28)36(21-34(29)45)54-56(50)51/h2-15,20-22,27,43,50-53H,16-19,23-24H2,1H3,(H,44,47)/b14-11+,15-13+. The Bertz CT molecular complexity index is 2430. The first-order valence-electron chi connectivity index (χ1n) is 18.0. The molecule has 2 heterocycles. The normalized spacial score (nSPS) is 15.1. The van der Waals surface area contributed by atoms with Crippen LogP contribution in [0.5, 0.6) is 11.5 Å². The average Bonchev–Trinajstić information content (AvgIpc) is 3.80. The minimum atomic E-state index is -2.71. The van der Waals surface area contributed by atoms with Gasteiger partial charge in [-0.15, -0.1) is 11.6 Å². The van der Waals surface area contributed by atoms with Gasteiger partial charge in [0.1, 0.15) is 11.5 Å². The molecule has 1 unspecified atom stereocenters. The van der Waals surface area contributed by atoms with E-state index in [0.717, 1.165) is 21.9 Å². The highest BCUT2D eigenvalue weighted by Crippen LogP contribution is 2.48. The molecule has 5 aromatic rings. The topological polar surface area (TPSA) is 181 Å². The van der Waals surface area contributed by atoms with Gasteiger partial charge in [-0.25, -0.2) is 0 Å². The van der Waals surface area contributed by atoms with E-state index in [4.69, 9.17) is 20.6 Å². The van der Waals surface area contributed by atoms with E-state index in [1.54, 1.807) is 59.3 Å². The number of amides is 3. The molecule has 0 aromatic heterocycles. The smallest absolute Gasteiger partial charge is 0.391 e. The molecule has 2 aliphatic heterocycles. The summed E-state index contributed by atoms with van der Waals surface area (Å²) < 4.78 is 10.7. The zero-order valence-electron chi connectivity index (χ0n) is 30.6. The molecular formula is C41H39ClN4O9P2. The summed E-state index contributed by atoms with van der Waals surface area (Å²) in [5.41, 5.74) is 4.60. The monoisotopic (exact) mass is 828 g/mol. The molecule has 6 N–H and O–H groups in total.